The molecule has 4 nitrogen and oxygen atoms in total. The van der Waals surface area contributed by atoms with E-state index in [4.69, 9.17) is 11.6 Å². The number of aromatic nitrogens is 4. The Bertz CT molecular complexity index is 884. The topological polar surface area (TPSA) is 43.6 Å². The minimum atomic E-state index is 0.434. The Morgan fingerprint density at radius 2 is 2.04 bits per heavy atom. The van der Waals surface area contributed by atoms with Gasteiger partial charge in [0, 0.05) is 17.1 Å². The van der Waals surface area contributed by atoms with E-state index in [1.807, 2.05) is 31.2 Å². The summed E-state index contributed by atoms with van der Waals surface area (Å²) in [5, 5.41) is 9.60. The molecule has 2 aromatic heterocycles. The summed E-state index contributed by atoms with van der Waals surface area (Å²) < 4.78 is 2.14. The maximum Gasteiger partial charge on any atom is 0.187 e. The number of halogens is 1. The van der Waals surface area contributed by atoms with Gasteiger partial charge in [0.05, 0.1) is 5.69 Å². The average molecular weight is 325 g/mol. The van der Waals surface area contributed by atoms with E-state index in [1.54, 1.807) is 0 Å². The Morgan fingerprint density at radius 1 is 1.17 bits per heavy atom. The number of benzene rings is 1. The molecule has 23 heavy (non-hydrogen) atoms. The van der Waals surface area contributed by atoms with Crippen LogP contribution in [0.15, 0.2) is 36.4 Å². The quantitative estimate of drug-likeness (QED) is 0.668. The van der Waals surface area contributed by atoms with E-state index in [1.165, 1.54) is 5.56 Å². The lowest BCUT2D eigenvalue weighted by Gasteiger charge is -2.15. The van der Waals surface area contributed by atoms with Crippen molar-refractivity contribution in [3.8, 4) is 17.2 Å². The average Bonchev–Trinajstić information content (AvgIpc) is 2.91. The lowest BCUT2D eigenvalue weighted by molar-refractivity contribution is 0.674. The zero-order chi connectivity index (χ0) is 16.0. The molecule has 0 amide bonds. The van der Waals surface area contributed by atoms with Crippen molar-refractivity contribution < 1.29 is 0 Å². The summed E-state index contributed by atoms with van der Waals surface area (Å²) in [5.41, 5.74) is 4.17. The van der Waals surface area contributed by atoms with E-state index in [0.717, 1.165) is 46.6 Å². The second-order valence-electron chi connectivity index (χ2n) is 6.08. The highest BCUT2D eigenvalue weighted by atomic mass is 35.5. The third-order valence-electron chi connectivity index (χ3n) is 4.41. The predicted molar refractivity (Wildman–Crippen MR) is 91.1 cm³/mol. The lowest BCUT2D eigenvalue weighted by atomic mass is 9.96. The molecular formula is C18H17ClN4. The SMILES string of the molecule is Cc1cccc(-c2nnc3n2-c2ccc(Cl)cc2C(C)CC3)n1. The Morgan fingerprint density at radius 3 is 2.87 bits per heavy atom. The molecule has 116 valence electrons. The minimum Gasteiger partial charge on any atom is -0.277 e. The molecule has 3 aromatic rings. The van der Waals surface area contributed by atoms with Crippen molar-refractivity contribution in [3.05, 3.63) is 58.5 Å². The molecule has 0 aliphatic carbocycles. The lowest BCUT2D eigenvalue weighted by Crippen LogP contribution is -2.04. The molecule has 0 saturated carbocycles. The first kappa shape index (κ1) is 14.4. The zero-order valence-electron chi connectivity index (χ0n) is 13.1. The molecule has 0 fully saturated rings. The molecule has 1 aromatic carbocycles. The number of fused-ring (bicyclic) bond motifs is 3. The maximum atomic E-state index is 6.22. The van der Waals surface area contributed by atoms with Crippen molar-refractivity contribution in [1.82, 2.24) is 19.7 Å². The molecule has 0 N–H and O–H groups in total. The fraction of sp³-hybridized carbons (Fsp3) is 0.278. The summed E-state index contributed by atoms with van der Waals surface area (Å²) in [7, 11) is 0. The first-order chi connectivity index (χ1) is 11.1. The van der Waals surface area contributed by atoms with Crippen molar-refractivity contribution >= 4 is 11.6 Å². The van der Waals surface area contributed by atoms with Gasteiger partial charge in [-0.1, -0.05) is 24.6 Å². The van der Waals surface area contributed by atoms with Crippen molar-refractivity contribution in [2.45, 2.75) is 32.6 Å². The first-order valence-corrected chi connectivity index (χ1v) is 8.19. The minimum absolute atomic E-state index is 0.434. The number of rotatable bonds is 1. The molecule has 1 atom stereocenters. The number of hydrogen-bond donors (Lipinski definition) is 0. The van der Waals surface area contributed by atoms with Crippen molar-refractivity contribution in [3.63, 3.8) is 0 Å². The fourth-order valence-corrected chi connectivity index (χ4v) is 3.37. The van der Waals surface area contributed by atoms with Gasteiger partial charge in [-0.05, 0) is 55.2 Å². The Balaban J connectivity index is 1.98. The van der Waals surface area contributed by atoms with E-state index in [2.05, 4.69) is 38.8 Å². The monoisotopic (exact) mass is 324 g/mol. The van der Waals surface area contributed by atoms with Crippen LogP contribution in [0.3, 0.4) is 0 Å². The van der Waals surface area contributed by atoms with Gasteiger partial charge in [-0.15, -0.1) is 10.2 Å². The van der Waals surface area contributed by atoms with E-state index >= 15 is 0 Å². The Hall–Kier alpha value is -2.20. The van der Waals surface area contributed by atoms with Gasteiger partial charge in [0.25, 0.3) is 0 Å². The molecule has 5 heteroatoms. The van der Waals surface area contributed by atoms with Gasteiger partial charge >= 0.3 is 0 Å². The number of hydrogen-bond acceptors (Lipinski definition) is 3. The van der Waals surface area contributed by atoms with Crippen LogP contribution in [0.2, 0.25) is 5.02 Å². The largest absolute Gasteiger partial charge is 0.277 e. The van der Waals surface area contributed by atoms with E-state index in [0.29, 0.717) is 5.92 Å². The van der Waals surface area contributed by atoms with Crippen LogP contribution >= 0.6 is 11.6 Å². The summed E-state index contributed by atoms with van der Waals surface area (Å²) in [5.74, 6) is 2.21. The molecule has 3 heterocycles. The van der Waals surface area contributed by atoms with E-state index in [-0.39, 0.29) is 0 Å². The van der Waals surface area contributed by atoms with Gasteiger partial charge in [-0.25, -0.2) is 4.98 Å². The van der Waals surface area contributed by atoms with Gasteiger partial charge in [0.2, 0.25) is 0 Å². The van der Waals surface area contributed by atoms with Crippen LogP contribution in [-0.4, -0.2) is 19.7 Å². The summed E-state index contributed by atoms with van der Waals surface area (Å²) in [6, 6.07) is 12.0. The zero-order valence-corrected chi connectivity index (χ0v) is 13.9. The molecular weight excluding hydrogens is 308 g/mol. The second kappa shape index (κ2) is 5.46. The summed E-state index contributed by atoms with van der Waals surface area (Å²) in [6.07, 6.45) is 1.93. The third-order valence-corrected chi connectivity index (χ3v) is 4.64. The molecule has 4 rings (SSSR count). The van der Waals surface area contributed by atoms with Crippen LogP contribution < -0.4 is 0 Å². The van der Waals surface area contributed by atoms with Gasteiger partial charge < -0.3 is 0 Å². The highest BCUT2D eigenvalue weighted by Gasteiger charge is 2.24. The van der Waals surface area contributed by atoms with Crippen molar-refractivity contribution in [2.24, 2.45) is 0 Å². The van der Waals surface area contributed by atoms with Crippen LogP contribution in [0.5, 0.6) is 0 Å². The fourth-order valence-electron chi connectivity index (χ4n) is 3.19. The van der Waals surface area contributed by atoms with Crippen molar-refractivity contribution in [1.29, 1.82) is 0 Å². The highest BCUT2D eigenvalue weighted by Crippen LogP contribution is 2.35. The van der Waals surface area contributed by atoms with Crippen LogP contribution in [0.25, 0.3) is 17.2 Å². The van der Waals surface area contributed by atoms with Gasteiger partial charge in [0.15, 0.2) is 5.82 Å². The smallest absolute Gasteiger partial charge is 0.187 e. The summed E-state index contributed by atoms with van der Waals surface area (Å²) >= 11 is 6.22. The first-order valence-electron chi connectivity index (χ1n) is 7.81. The Labute approximate surface area is 140 Å². The number of pyridine rings is 1. The third kappa shape index (κ3) is 2.43. The molecule has 1 aliphatic rings. The molecule has 0 spiro atoms. The highest BCUT2D eigenvalue weighted by molar-refractivity contribution is 6.30. The van der Waals surface area contributed by atoms with Crippen LogP contribution in [0, 0.1) is 6.92 Å². The maximum absolute atomic E-state index is 6.22. The second-order valence-corrected chi connectivity index (χ2v) is 6.52. The predicted octanol–water partition coefficient (Wildman–Crippen LogP) is 4.34. The standard InChI is InChI=1S/C18H17ClN4/c1-11-6-9-17-21-22-18(15-5-3-4-12(2)20-15)23(17)16-8-7-13(19)10-14(11)16/h3-5,7-8,10-11H,6,9H2,1-2H3. The molecule has 0 saturated heterocycles. The number of nitrogens with zero attached hydrogens (tertiary/aromatic N) is 4. The number of aryl methyl sites for hydroxylation is 2. The molecule has 1 aliphatic heterocycles. The molecule has 1 unspecified atom stereocenters. The van der Waals surface area contributed by atoms with Gasteiger partial charge in [0.1, 0.15) is 11.5 Å². The Kier molecular flexibility index (Phi) is 3.42. The van der Waals surface area contributed by atoms with Crippen LogP contribution in [0.4, 0.5) is 0 Å². The van der Waals surface area contributed by atoms with E-state index in [9.17, 15) is 0 Å². The molecule has 0 bridgehead atoms. The van der Waals surface area contributed by atoms with Crippen LogP contribution in [0.1, 0.15) is 36.3 Å². The van der Waals surface area contributed by atoms with E-state index < -0.39 is 0 Å². The van der Waals surface area contributed by atoms with Crippen molar-refractivity contribution in [2.75, 3.05) is 0 Å². The normalized spacial score (nSPS) is 16.6. The van der Waals surface area contributed by atoms with Gasteiger partial charge in [-0.2, -0.15) is 0 Å². The molecule has 0 radical (unpaired) electrons. The summed E-state index contributed by atoms with van der Waals surface area (Å²) in [6.45, 7) is 4.22. The van der Waals surface area contributed by atoms with Gasteiger partial charge in [-0.3, -0.25) is 4.57 Å². The van der Waals surface area contributed by atoms with Crippen LogP contribution in [-0.2, 0) is 6.42 Å². The summed E-state index contributed by atoms with van der Waals surface area (Å²) in [4.78, 5) is 4.61.